The summed E-state index contributed by atoms with van der Waals surface area (Å²) in [5.74, 6) is 2.20. The van der Waals surface area contributed by atoms with Gasteiger partial charge in [0, 0.05) is 35.1 Å². The molecule has 1 fully saturated rings. The van der Waals surface area contributed by atoms with Gasteiger partial charge in [-0.25, -0.2) is 9.97 Å². The minimum atomic E-state index is 0.0644. The van der Waals surface area contributed by atoms with E-state index in [2.05, 4.69) is 20.2 Å². The van der Waals surface area contributed by atoms with Crippen LogP contribution in [0.25, 0.3) is 10.9 Å². The van der Waals surface area contributed by atoms with Crippen LogP contribution in [0.3, 0.4) is 0 Å². The molecule has 0 amide bonds. The van der Waals surface area contributed by atoms with Crippen LogP contribution in [-0.2, 0) is 0 Å². The average molecular weight is 411 g/mol. The summed E-state index contributed by atoms with van der Waals surface area (Å²) in [5.41, 5.74) is 1.68. The second-order valence-corrected chi connectivity index (χ2v) is 8.00. The molecule has 1 unspecified atom stereocenters. The van der Waals surface area contributed by atoms with Crippen LogP contribution in [0.2, 0.25) is 5.02 Å². The summed E-state index contributed by atoms with van der Waals surface area (Å²) in [6, 6.07) is 11.5. The zero-order valence-electron chi connectivity index (χ0n) is 16.1. The van der Waals surface area contributed by atoms with Gasteiger partial charge in [0.2, 0.25) is 0 Å². The summed E-state index contributed by atoms with van der Waals surface area (Å²) < 4.78 is 12.3. The molecule has 1 N–H and O–H groups in total. The molecular weight excluding hydrogens is 388 g/mol. The summed E-state index contributed by atoms with van der Waals surface area (Å²) in [6.45, 7) is 4.03. The number of anilines is 2. The summed E-state index contributed by atoms with van der Waals surface area (Å²) >= 11 is 6.10. The number of rotatable bonds is 5. The lowest BCUT2D eigenvalue weighted by atomic mass is 10.1. The number of fused-ring (bicyclic) bond motifs is 2. The molecule has 7 heteroatoms. The average Bonchev–Trinajstić information content (AvgIpc) is 3.25. The second-order valence-electron chi connectivity index (χ2n) is 7.56. The van der Waals surface area contributed by atoms with E-state index in [9.17, 15) is 0 Å². The van der Waals surface area contributed by atoms with Crippen LogP contribution in [0.4, 0.5) is 11.5 Å². The maximum Gasteiger partial charge on any atom is 0.163 e. The molecule has 150 valence electrons. The highest BCUT2D eigenvalue weighted by Gasteiger charge is 2.24. The molecule has 1 aromatic heterocycles. The van der Waals surface area contributed by atoms with Crippen molar-refractivity contribution in [3.63, 3.8) is 0 Å². The Morgan fingerprint density at radius 3 is 2.86 bits per heavy atom. The molecule has 0 spiro atoms. The highest BCUT2D eigenvalue weighted by molar-refractivity contribution is 6.30. The van der Waals surface area contributed by atoms with E-state index in [4.69, 9.17) is 21.1 Å². The van der Waals surface area contributed by atoms with Crippen molar-refractivity contribution < 1.29 is 9.47 Å². The molecule has 2 aliphatic heterocycles. The quantitative estimate of drug-likeness (QED) is 0.660. The third kappa shape index (κ3) is 4.09. The Bertz CT molecular complexity index is 1020. The van der Waals surface area contributed by atoms with E-state index in [1.54, 1.807) is 6.33 Å². The van der Waals surface area contributed by atoms with Gasteiger partial charge in [-0.1, -0.05) is 17.7 Å². The zero-order chi connectivity index (χ0) is 19.6. The van der Waals surface area contributed by atoms with Gasteiger partial charge in [-0.3, -0.25) is 0 Å². The first-order valence-corrected chi connectivity index (χ1v) is 10.5. The van der Waals surface area contributed by atoms with Crippen molar-refractivity contribution >= 4 is 34.0 Å². The van der Waals surface area contributed by atoms with Crippen LogP contribution in [0.1, 0.15) is 19.3 Å². The van der Waals surface area contributed by atoms with Crippen LogP contribution in [-0.4, -0.2) is 47.2 Å². The van der Waals surface area contributed by atoms with Crippen molar-refractivity contribution in [3.8, 4) is 11.5 Å². The number of ether oxygens (including phenoxy) is 2. The van der Waals surface area contributed by atoms with Gasteiger partial charge >= 0.3 is 0 Å². The minimum absolute atomic E-state index is 0.0644. The minimum Gasteiger partial charge on any atom is -0.486 e. The first kappa shape index (κ1) is 18.5. The SMILES string of the molecule is Clc1cccc(Nc2ncnc3cc4c(cc23)OC(CCN2CCCC2)CO4)c1. The van der Waals surface area contributed by atoms with Crippen LogP contribution < -0.4 is 14.8 Å². The van der Waals surface area contributed by atoms with Crippen molar-refractivity contribution in [3.05, 3.63) is 47.7 Å². The molecule has 3 aromatic rings. The lowest BCUT2D eigenvalue weighted by Gasteiger charge is -2.28. The molecule has 0 saturated carbocycles. The molecule has 2 aliphatic rings. The first-order chi connectivity index (χ1) is 14.2. The van der Waals surface area contributed by atoms with Gasteiger partial charge in [-0.05, 0) is 50.2 Å². The van der Waals surface area contributed by atoms with E-state index in [0.717, 1.165) is 41.1 Å². The first-order valence-electron chi connectivity index (χ1n) is 10.1. The van der Waals surface area contributed by atoms with E-state index in [0.29, 0.717) is 17.4 Å². The molecule has 1 atom stereocenters. The lowest BCUT2D eigenvalue weighted by molar-refractivity contribution is 0.0776. The Balaban J connectivity index is 1.38. The van der Waals surface area contributed by atoms with E-state index >= 15 is 0 Å². The number of nitrogens with one attached hydrogen (secondary N) is 1. The highest BCUT2D eigenvalue weighted by Crippen LogP contribution is 2.38. The molecule has 3 heterocycles. The Kier molecular flexibility index (Phi) is 5.12. The molecule has 2 aromatic carbocycles. The predicted octanol–water partition coefficient (Wildman–Crippen LogP) is 4.65. The Morgan fingerprint density at radius 1 is 1.10 bits per heavy atom. The fourth-order valence-corrected chi connectivity index (χ4v) is 4.13. The van der Waals surface area contributed by atoms with Crippen molar-refractivity contribution in [1.29, 1.82) is 0 Å². The Hall–Kier alpha value is -2.57. The van der Waals surface area contributed by atoms with Gasteiger partial charge in [-0.2, -0.15) is 0 Å². The summed E-state index contributed by atoms with van der Waals surface area (Å²) in [4.78, 5) is 11.3. The molecule has 0 bridgehead atoms. The molecule has 5 rings (SSSR count). The number of benzene rings is 2. The van der Waals surface area contributed by atoms with E-state index < -0.39 is 0 Å². The highest BCUT2D eigenvalue weighted by atomic mass is 35.5. The van der Waals surface area contributed by atoms with E-state index in [-0.39, 0.29) is 6.10 Å². The van der Waals surface area contributed by atoms with E-state index in [1.165, 1.54) is 25.9 Å². The van der Waals surface area contributed by atoms with Gasteiger partial charge in [0.1, 0.15) is 24.9 Å². The molecule has 29 heavy (non-hydrogen) atoms. The third-order valence-electron chi connectivity index (χ3n) is 5.47. The fourth-order valence-electron chi connectivity index (χ4n) is 3.94. The van der Waals surface area contributed by atoms with Crippen molar-refractivity contribution in [2.75, 3.05) is 31.6 Å². The van der Waals surface area contributed by atoms with Gasteiger partial charge in [0.05, 0.1) is 5.52 Å². The van der Waals surface area contributed by atoms with Crippen LogP contribution in [0.5, 0.6) is 11.5 Å². The predicted molar refractivity (Wildman–Crippen MR) is 114 cm³/mol. The third-order valence-corrected chi connectivity index (χ3v) is 5.71. The number of nitrogens with zero attached hydrogens (tertiary/aromatic N) is 3. The Labute approximate surface area is 174 Å². The summed E-state index contributed by atoms with van der Waals surface area (Å²) in [5, 5.41) is 4.88. The van der Waals surface area contributed by atoms with Gasteiger partial charge in [0.25, 0.3) is 0 Å². The van der Waals surface area contributed by atoms with Crippen LogP contribution in [0.15, 0.2) is 42.7 Å². The standard InChI is InChI=1S/C22H23ClN4O2/c23-15-4-3-5-16(10-15)26-22-18-11-21-20(12-19(18)24-14-25-22)28-13-17(29-21)6-9-27-7-1-2-8-27/h3-5,10-12,14,17H,1-2,6-9,13H2,(H,24,25,26). The molecule has 1 saturated heterocycles. The number of aromatic nitrogens is 2. The van der Waals surface area contributed by atoms with Gasteiger partial charge < -0.3 is 19.7 Å². The van der Waals surface area contributed by atoms with Crippen molar-refractivity contribution in [2.24, 2.45) is 0 Å². The zero-order valence-corrected chi connectivity index (χ0v) is 16.9. The fraction of sp³-hybridized carbons (Fsp3) is 0.364. The number of hydrogen-bond acceptors (Lipinski definition) is 6. The number of likely N-dealkylation sites (tertiary alicyclic amines) is 1. The maximum absolute atomic E-state index is 6.27. The second kappa shape index (κ2) is 8.05. The normalized spacial score (nSPS) is 18.9. The summed E-state index contributed by atoms with van der Waals surface area (Å²) in [6.07, 6.45) is 5.19. The lowest BCUT2D eigenvalue weighted by Crippen LogP contribution is -2.33. The molecule has 0 aliphatic carbocycles. The largest absolute Gasteiger partial charge is 0.486 e. The number of halogens is 1. The topological polar surface area (TPSA) is 59.5 Å². The van der Waals surface area contributed by atoms with Crippen molar-refractivity contribution in [1.82, 2.24) is 14.9 Å². The van der Waals surface area contributed by atoms with Crippen LogP contribution in [0, 0.1) is 0 Å². The smallest absolute Gasteiger partial charge is 0.163 e. The van der Waals surface area contributed by atoms with Crippen molar-refractivity contribution in [2.45, 2.75) is 25.4 Å². The Morgan fingerprint density at radius 2 is 2.00 bits per heavy atom. The molecule has 6 nitrogen and oxygen atoms in total. The maximum atomic E-state index is 6.27. The van der Waals surface area contributed by atoms with Gasteiger partial charge in [0.15, 0.2) is 11.5 Å². The van der Waals surface area contributed by atoms with Crippen LogP contribution >= 0.6 is 11.6 Å². The molecule has 0 radical (unpaired) electrons. The monoisotopic (exact) mass is 410 g/mol. The van der Waals surface area contributed by atoms with E-state index in [1.807, 2.05) is 36.4 Å². The van der Waals surface area contributed by atoms with Gasteiger partial charge in [-0.15, -0.1) is 0 Å². The summed E-state index contributed by atoms with van der Waals surface area (Å²) in [7, 11) is 0. The number of hydrogen-bond donors (Lipinski definition) is 1. The molecular formula is C22H23ClN4O2.